The van der Waals surface area contributed by atoms with Gasteiger partial charge < -0.3 is 10.5 Å². The van der Waals surface area contributed by atoms with Crippen molar-refractivity contribution >= 4 is 56.3 Å². The third-order valence-corrected chi connectivity index (χ3v) is 3.73. The van der Waals surface area contributed by atoms with Crippen LogP contribution in [0, 0.1) is 0 Å². The summed E-state index contributed by atoms with van der Waals surface area (Å²) in [4.78, 5) is 0.243. The Morgan fingerprint density at radius 1 is 1.16 bits per heavy atom. The number of ether oxygens (including phenoxy) is 1. The number of rotatable bonds is 3. The van der Waals surface area contributed by atoms with Crippen molar-refractivity contribution in [2.75, 3.05) is 0 Å². The average molecular weight is 377 g/mol. The Labute approximate surface area is 134 Å². The van der Waals surface area contributed by atoms with E-state index in [2.05, 4.69) is 15.9 Å². The first kappa shape index (κ1) is 14.6. The molecule has 0 heterocycles. The van der Waals surface area contributed by atoms with E-state index in [9.17, 15) is 0 Å². The van der Waals surface area contributed by atoms with Crippen molar-refractivity contribution in [3.8, 4) is 11.5 Å². The van der Waals surface area contributed by atoms with Gasteiger partial charge in [0.15, 0.2) is 0 Å². The molecule has 19 heavy (non-hydrogen) atoms. The molecule has 0 aromatic heterocycles. The predicted octanol–water partition coefficient (Wildman–Crippen LogP) is 5.18. The average Bonchev–Trinajstić information content (AvgIpc) is 2.32. The molecule has 2 rings (SSSR count). The lowest BCUT2D eigenvalue weighted by Crippen LogP contribution is -2.11. The molecule has 0 aliphatic carbocycles. The van der Waals surface area contributed by atoms with E-state index in [1.807, 2.05) is 12.1 Å². The van der Waals surface area contributed by atoms with Crippen molar-refractivity contribution in [1.29, 1.82) is 0 Å². The summed E-state index contributed by atoms with van der Waals surface area (Å²) >= 11 is 20.3. The second-order valence-electron chi connectivity index (χ2n) is 3.65. The van der Waals surface area contributed by atoms with Crippen molar-refractivity contribution in [1.82, 2.24) is 0 Å². The SMILES string of the molecule is NC(=S)c1c(Br)cccc1Oc1ccc(Cl)cc1Cl. The number of halogens is 3. The first-order valence-electron chi connectivity index (χ1n) is 5.20. The minimum absolute atomic E-state index is 0.243. The maximum absolute atomic E-state index is 6.07. The van der Waals surface area contributed by atoms with Gasteiger partial charge in [-0.05, 0) is 46.3 Å². The molecule has 0 spiro atoms. The molecular weight excluding hydrogens is 369 g/mol. The molecule has 0 bridgehead atoms. The zero-order valence-corrected chi connectivity index (χ0v) is 13.4. The fraction of sp³-hybridized carbons (Fsp3) is 0. The molecule has 0 saturated heterocycles. The topological polar surface area (TPSA) is 35.2 Å². The van der Waals surface area contributed by atoms with Gasteiger partial charge in [-0.15, -0.1) is 0 Å². The molecule has 0 aliphatic heterocycles. The minimum atomic E-state index is 0.243. The lowest BCUT2D eigenvalue weighted by Gasteiger charge is -2.12. The van der Waals surface area contributed by atoms with E-state index in [4.69, 9.17) is 45.9 Å². The third kappa shape index (κ3) is 3.39. The number of hydrogen-bond donors (Lipinski definition) is 1. The predicted molar refractivity (Wildman–Crippen MR) is 86.6 cm³/mol. The Hall–Kier alpha value is -0.810. The lowest BCUT2D eigenvalue weighted by atomic mass is 10.2. The van der Waals surface area contributed by atoms with Crippen LogP contribution in [0.2, 0.25) is 10.0 Å². The molecule has 98 valence electrons. The van der Waals surface area contributed by atoms with Gasteiger partial charge in [0.1, 0.15) is 16.5 Å². The van der Waals surface area contributed by atoms with Crippen LogP contribution in [0.1, 0.15) is 5.56 Å². The zero-order valence-electron chi connectivity index (χ0n) is 9.49. The maximum Gasteiger partial charge on any atom is 0.146 e. The van der Waals surface area contributed by atoms with Crippen molar-refractivity contribution in [2.45, 2.75) is 0 Å². The standard InChI is InChI=1S/C13H8BrCl2NOS/c14-8-2-1-3-11(12(8)13(17)19)18-10-5-4-7(15)6-9(10)16/h1-6H,(H2,17,19). The molecule has 2 N–H and O–H groups in total. The summed E-state index contributed by atoms with van der Waals surface area (Å²) in [6.45, 7) is 0. The van der Waals surface area contributed by atoms with Gasteiger partial charge in [0.2, 0.25) is 0 Å². The van der Waals surface area contributed by atoms with Crippen LogP contribution in [-0.2, 0) is 0 Å². The van der Waals surface area contributed by atoms with E-state index in [0.29, 0.717) is 27.1 Å². The number of thiocarbonyl (C=S) groups is 1. The molecule has 0 unspecified atom stereocenters. The Kier molecular flexibility index (Phi) is 4.68. The molecule has 2 aromatic rings. The first-order valence-corrected chi connectivity index (χ1v) is 7.16. The Morgan fingerprint density at radius 2 is 1.89 bits per heavy atom. The van der Waals surface area contributed by atoms with Gasteiger partial charge in [0.05, 0.1) is 10.6 Å². The van der Waals surface area contributed by atoms with Gasteiger partial charge in [-0.3, -0.25) is 0 Å². The van der Waals surface area contributed by atoms with Crippen LogP contribution >= 0.6 is 51.3 Å². The highest BCUT2D eigenvalue weighted by Crippen LogP contribution is 2.35. The van der Waals surface area contributed by atoms with Crippen LogP contribution in [0.25, 0.3) is 0 Å². The van der Waals surface area contributed by atoms with Gasteiger partial charge in [-0.25, -0.2) is 0 Å². The third-order valence-electron chi connectivity index (χ3n) is 2.34. The summed E-state index contributed by atoms with van der Waals surface area (Å²) in [5.41, 5.74) is 6.33. The number of hydrogen-bond acceptors (Lipinski definition) is 2. The minimum Gasteiger partial charge on any atom is -0.455 e. The summed E-state index contributed by atoms with van der Waals surface area (Å²) in [5, 5.41) is 0.961. The molecular formula is C13H8BrCl2NOS. The molecule has 0 saturated carbocycles. The molecule has 2 aromatic carbocycles. The molecule has 0 radical (unpaired) electrons. The highest BCUT2D eigenvalue weighted by molar-refractivity contribution is 9.10. The van der Waals surface area contributed by atoms with E-state index in [1.165, 1.54) is 0 Å². The summed E-state index contributed by atoms with van der Waals surface area (Å²) < 4.78 is 6.52. The van der Waals surface area contributed by atoms with Crippen LogP contribution < -0.4 is 10.5 Å². The van der Waals surface area contributed by atoms with E-state index >= 15 is 0 Å². The number of nitrogens with two attached hydrogens (primary N) is 1. The van der Waals surface area contributed by atoms with Crippen molar-refractivity contribution in [3.05, 3.63) is 56.5 Å². The normalized spacial score (nSPS) is 10.3. The first-order chi connectivity index (χ1) is 8.99. The molecule has 0 atom stereocenters. The van der Waals surface area contributed by atoms with E-state index in [1.54, 1.807) is 24.3 Å². The highest BCUT2D eigenvalue weighted by Gasteiger charge is 2.13. The van der Waals surface area contributed by atoms with Crippen molar-refractivity contribution < 1.29 is 4.74 Å². The van der Waals surface area contributed by atoms with Gasteiger partial charge in [0, 0.05) is 9.50 Å². The summed E-state index contributed by atoms with van der Waals surface area (Å²) in [6.07, 6.45) is 0. The smallest absolute Gasteiger partial charge is 0.146 e. The molecule has 2 nitrogen and oxygen atoms in total. The summed E-state index contributed by atoms with van der Waals surface area (Å²) in [5.74, 6) is 1.02. The van der Waals surface area contributed by atoms with Gasteiger partial charge in [-0.2, -0.15) is 0 Å². The maximum atomic E-state index is 6.07. The fourth-order valence-electron chi connectivity index (χ4n) is 1.50. The van der Waals surface area contributed by atoms with Crippen LogP contribution in [0.5, 0.6) is 11.5 Å². The zero-order chi connectivity index (χ0) is 14.0. The van der Waals surface area contributed by atoms with Crippen LogP contribution in [0.4, 0.5) is 0 Å². The van der Waals surface area contributed by atoms with Crippen LogP contribution in [0.15, 0.2) is 40.9 Å². The van der Waals surface area contributed by atoms with Gasteiger partial charge >= 0.3 is 0 Å². The van der Waals surface area contributed by atoms with Gasteiger partial charge in [-0.1, -0.05) is 41.5 Å². The van der Waals surface area contributed by atoms with E-state index < -0.39 is 0 Å². The second kappa shape index (κ2) is 6.09. The summed E-state index contributed by atoms with van der Waals surface area (Å²) in [7, 11) is 0. The molecule has 0 fully saturated rings. The monoisotopic (exact) mass is 375 g/mol. The largest absolute Gasteiger partial charge is 0.455 e. The molecule has 0 aliphatic rings. The quantitative estimate of drug-likeness (QED) is 0.749. The highest BCUT2D eigenvalue weighted by atomic mass is 79.9. The summed E-state index contributed by atoms with van der Waals surface area (Å²) in [6, 6.07) is 10.4. The van der Waals surface area contributed by atoms with Crippen molar-refractivity contribution in [2.24, 2.45) is 5.73 Å². The van der Waals surface area contributed by atoms with E-state index in [0.717, 1.165) is 4.47 Å². The molecule has 6 heteroatoms. The second-order valence-corrected chi connectivity index (χ2v) is 5.79. The van der Waals surface area contributed by atoms with Crippen LogP contribution in [0.3, 0.4) is 0 Å². The Morgan fingerprint density at radius 3 is 2.53 bits per heavy atom. The lowest BCUT2D eigenvalue weighted by molar-refractivity contribution is 0.481. The molecule has 0 amide bonds. The van der Waals surface area contributed by atoms with Crippen molar-refractivity contribution in [3.63, 3.8) is 0 Å². The number of benzene rings is 2. The Balaban J connectivity index is 2.44. The van der Waals surface area contributed by atoms with Gasteiger partial charge in [0.25, 0.3) is 0 Å². The van der Waals surface area contributed by atoms with E-state index in [-0.39, 0.29) is 4.99 Å². The Bertz CT molecular complexity index is 649. The van der Waals surface area contributed by atoms with Crippen LogP contribution in [-0.4, -0.2) is 4.99 Å². The fourth-order valence-corrected chi connectivity index (χ4v) is 2.86.